The van der Waals surface area contributed by atoms with Crippen LogP contribution >= 0.6 is 0 Å². The van der Waals surface area contributed by atoms with Crippen molar-refractivity contribution in [2.24, 2.45) is 0 Å². The second kappa shape index (κ2) is 8.89. The Kier molecular flexibility index (Phi) is 6.18. The summed E-state index contributed by atoms with van der Waals surface area (Å²) in [6.07, 6.45) is 0. The highest BCUT2D eigenvalue weighted by Gasteiger charge is 2.27. The summed E-state index contributed by atoms with van der Waals surface area (Å²) in [5.74, 6) is -0.000474. The molecule has 32 heavy (non-hydrogen) atoms. The van der Waals surface area contributed by atoms with E-state index in [-0.39, 0.29) is 11.5 Å². The molecule has 2 N–H and O–H groups in total. The number of aryl methyl sites for hydroxylation is 2. The number of hydrogen-bond acceptors (Lipinski definition) is 7. The molecule has 1 saturated heterocycles. The Hall–Kier alpha value is -2.95. The number of ether oxygens (including phenoxy) is 2. The highest BCUT2D eigenvalue weighted by Crippen LogP contribution is 2.24. The number of esters is 1. The molecule has 9 nitrogen and oxygen atoms in total. The van der Waals surface area contributed by atoms with Crippen molar-refractivity contribution in [3.05, 3.63) is 53.3 Å². The lowest BCUT2D eigenvalue weighted by atomic mass is 10.1. The number of benzene rings is 2. The molecule has 1 aliphatic rings. The number of fused-ring (bicyclic) bond motifs is 1. The number of nitrogen functional groups attached to an aromatic ring is 1. The van der Waals surface area contributed by atoms with Gasteiger partial charge in [0.25, 0.3) is 0 Å². The molecule has 2 heterocycles. The zero-order valence-corrected chi connectivity index (χ0v) is 18.9. The van der Waals surface area contributed by atoms with Crippen molar-refractivity contribution in [2.75, 3.05) is 32.0 Å². The van der Waals surface area contributed by atoms with Crippen molar-refractivity contribution >= 4 is 32.7 Å². The molecule has 0 spiro atoms. The van der Waals surface area contributed by atoms with Gasteiger partial charge in [-0.15, -0.1) is 0 Å². The number of carbonyl (C=O) groups excluding carboxylic acids is 1. The Bertz CT molecular complexity index is 1260. The summed E-state index contributed by atoms with van der Waals surface area (Å²) in [4.78, 5) is 17.3. The first kappa shape index (κ1) is 22.3. The standard InChI is InChI=1S/C22H26N4O5S/c1-3-26-19-8-7-16(32(28,29)25-9-11-30-12-10-25)13-18(19)24-20(26)14-31-22(27)17-6-4-5-15(2)21(17)23/h4-8,13H,3,9-12,14,23H2,1-2H3. The first-order chi connectivity index (χ1) is 15.3. The van der Waals surface area contributed by atoms with Crippen LogP contribution in [0.4, 0.5) is 5.69 Å². The van der Waals surface area contributed by atoms with Gasteiger partial charge in [-0.25, -0.2) is 18.2 Å². The van der Waals surface area contributed by atoms with Crippen LogP contribution in [-0.2, 0) is 32.6 Å². The molecule has 0 atom stereocenters. The van der Waals surface area contributed by atoms with E-state index in [0.717, 1.165) is 11.1 Å². The van der Waals surface area contributed by atoms with Gasteiger partial charge in [-0.1, -0.05) is 12.1 Å². The number of nitrogens with zero attached hydrogens (tertiary/aromatic N) is 3. The van der Waals surface area contributed by atoms with Crippen molar-refractivity contribution in [3.8, 4) is 0 Å². The molecular formula is C22H26N4O5S. The molecule has 0 bridgehead atoms. The van der Waals surface area contributed by atoms with Gasteiger partial charge in [0, 0.05) is 25.3 Å². The summed E-state index contributed by atoms with van der Waals surface area (Å²) in [6.45, 7) is 5.72. The fourth-order valence-electron chi connectivity index (χ4n) is 3.79. The third-order valence-corrected chi connectivity index (χ3v) is 7.49. The van der Waals surface area contributed by atoms with Gasteiger partial charge in [0.15, 0.2) is 0 Å². The Morgan fingerprint density at radius 2 is 1.97 bits per heavy atom. The molecule has 3 aromatic rings. The van der Waals surface area contributed by atoms with Gasteiger partial charge in [0.1, 0.15) is 12.4 Å². The van der Waals surface area contributed by atoms with Crippen molar-refractivity contribution < 1.29 is 22.7 Å². The van der Waals surface area contributed by atoms with Crippen LogP contribution in [0, 0.1) is 6.92 Å². The number of para-hydroxylation sites is 1. The van der Waals surface area contributed by atoms with Gasteiger partial charge < -0.3 is 19.8 Å². The summed E-state index contributed by atoms with van der Waals surface area (Å²) in [5, 5.41) is 0. The Morgan fingerprint density at radius 3 is 2.69 bits per heavy atom. The monoisotopic (exact) mass is 458 g/mol. The van der Waals surface area contributed by atoms with Gasteiger partial charge in [-0.3, -0.25) is 0 Å². The van der Waals surface area contributed by atoms with Crippen LogP contribution < -0.4 is 5.73 Å². The molecule has 0 unspecified atom stereocenters. The number of anilines is 1. The molecule has 0 aliphatic carbocycles. The van der Waals surface area contributed by atoms with Crippen LogP contribution in [0.3, 0.4) is 0 Å². The minimum absolute atomic E-state index is 0.0553. The van der Waals surface area contributed by atoms with Crippen LogP contribution in [-0.4, -0.2) is 54.5 Å². The van der Waals surface area contributed by atoms with E-state index in [2.05, 4.69) is 4.98 Å². The van der Waals surface area contributed by atoms with E-state index >= 15 is 0 Å². The highest BCUT2D eigenvalue weighted by molar-refractivity contribution is 7.89. The van der Waals surface area contributed by atoms with E-state index in [1.807, 2.05) is 24.5 Å². The normalized spacial score (nSPS) is 15.2. The lowest BCUT2D eigenvalue weighted by Crippen LogP contribution is -2.40. The number of rotatable bonds is 6. The first-order valence-electron chi connectivity index (χ1n) is 10.4. The van der Waals surface area contributed by atoms with Crippen LogP contribution in [0.2, 0.25) is 0 Å². The molecule has 1 fully saturated rings. The summed E-state index contributed by atoms with van der Waals surface area (Å²) >= 11 is 0. The van der Waals surface area contributed by atoms with Gasteiger partial charge in [0.2, 0.25) is 10.0 Å². The Labute approximate surface area is 186 Å². The Balaban J connectivity index is 1.60. The average molecular weight is 459 g/mol. The molecule has 1 aliphatic heterocycles. The van der Waals surface area contributed by atoms with Crippen molar-refractivity contribution in [3.63, 3.8) is 0 Å². The van der Waals surface area contributed by atoms with Crippen LogP contribution in [0.25, 0.3) is 11.0 Å². The summed E-state index contributed by atoms with van der Waals surface area (Å²) < 4.78 is 40.0. The van der Waals surface area contributed by atoms with E-state index in [0.29, 0.717) is 55.4 Å². The van der Waals surface area contributed by atoms with Gasteiger partial charge in [-0.2, -0.15) is 4.31 Å². The van der Waals surface area contributed by atoms with Crippen LogP contribution in [0.15, 0.2) is 41.3 Å². The van der Waals surface area contributed by atoms with E-state index in [1.165, 1.54) is 4.31 Å². The van der Waals surface area contributed by atoms with Gasteiger partial charge >= 0.3 is 5.97 Å². The van der Waals surface area contributed by atoms with E-state index in [1.54, 1.807) is 30.3 Å². The maximum absolute atomic E-state index is 13.0. The van der Waals surface area contributed by atoms with Crippen molar-refractivity contribution in [1.82, 2.24) is 13.9 Å². The molecule has 1 aromatic heterocycles. The van der Waals surface area contributed by atoms with Crippen LogP contribution in [0.5, 0.6) is 0 Å². The number of hydrogen-bond donors (Lipinski definition) is 1. The number of imidazole rings is 1. The first-order valence-corrected chi connectivity index (χ1v) is 11.9. The molecular weight excluding hydrogens is 432 g/mol. The number of morpholine rings is 1. The van der Waals surface area contributed by atoms with Gasteiger partial charge in [0.05, 0.1) is 34.7 Å². The average Bonchev–Trinajstić information content (AvgIpc) is 3.16. The summed E-state index contributed by atoms with van der Waals surface area (Å²) in [6, 6.07) is 10.1. The Morgan fingerprint density at radius 1 is 1.22 bits per heavy atom. The van der Waals surface area contributed by atoms with Crippen molar-refractivity contribution in [2.45, 2.75) is 31.9 Å². The number of aromatic nitrogens is 2. The van der Waals surface area contributed by atoms with E-state index in [4.69, 9.17) is 15.2 Å². The number of nitrogens with two attached hydrogens (primary N) is 1. The smallest absolute Gasteiger partial charge is 0.340 e. The second-order valence-electron chi connectivity index (χ2n) is 7.55. The topological polar surface area (TPSA) is 117 Å². The van der Waals surface area contributed by atoms with Crippen LogP contribution in [0.1, 0.15) is 28.7 Å². The SMILES string of the molecule is CCn1c(COC(=O)c2cccc(C)c2N)nc2cc(S(=O)(=O)N3CCOCC3)ccc21. The fourth-order valence-corrected chi connectivity index (χ4v) is 5.21. The molecule has 4 rings (SSSR count). The third-order valence-electron chi connectivity index (χ3n) is 5.60. The van der Waals surface area contributed by atoms with Crippen molar-refractivity contribution in [1.29, 1.82) is 0 Å². The maximum atomic E-state index is 13.0. The predicted molar refractivity (Wildman–Crippen MR) is 120 cm³/mol. The van der Waals surface area contributed by atoms with E-state index < -0.39 is 16.0 Å². The lowest BCUT2D eigenvalue weighted by Gasteiger charge is -2.26. The summed E-state index contributed by atoms with van der Waals surface area (Å²) in [5.41, 5.74) is 8.80. The highest BCUT2D eigenvalue weighted by atomic mass is 32.2. The fraction of sp³-hybridized carbons (Fsp3) is 0.364. The minimum atomic E-state index is -3.63. The molecule has 170 valence electrons. The summed E-state index contributed by atoms with van der Waals surface area (Å²) in [7, 11) is -3.63. The second-order valence-corrected chi connectivity index (χ2v) is 9.49. The zero-order chi connectivity index (χ0) is 22.9. The molecule has 0 amide bonds. The quantitative estimate of drug-likeness (QED) is 0.445. The van der Waals surface area contributed by atoms with E-state index in [9.17, 15) is 13.2 Å². The largest absolute Gasteiger partial charge is 0.454 e. The lowest BCUT2D eigenvalue weighted by molar-refractivity contribution is 0.0460. The molecule has 0 saturated carbocycles. The maximum Gasteiger partial charge on any atom is 0.340 e. The van der Waals surface area contributed by atoms with Gasteiger partial charge in [-0.05, 0) is 43.7 Å². The molecule has 2 aromatic carbocycles. The number of sulfonamides is 1. The molecule has 0 radical (unpaired) electrons. The minimum Gasteiger partial charge on any atom is -0.454 e. The number of carbonyl (C=O) groups is 1. The predicted octanol–water partition coefficient (Wildman–Crippen LogP) is 2.32. The third kappa shape index (κ3) is 4.08. The molecule has 10 heteroatoms. The zero-order valence-electron chi connectivity index (χ0n) is 18.1.